The zero-order valence-electron chi connectivity index (χ0n) is 8.64. The standard InChI is InChI=1S/C11H11ClO2S2/c1-14-7-4-10(15-6-7)9(13)5-8-2-3-11(12)16-8/h2-4,6,9,13H,5H2,1H3. The maximum Gasteiger partial charge on any atom is 0.129 e. The lowest BCUT2D eigenvalue weighted by molar-refractivity contribution is 0.183. The van der Waals surface area contributed by atoms with Gasteiger partial charge in [0, 0.05) is 21.6 Å². The smallest absolute Gasteiger partial charge is 0.129 e. The predicted molar refractivity (Wildman–Crippen MR) is 68.9 cm³/mol. The predicted octanol–water partition coefficient (Wildman–Crippen LogP) is 3.75. The molecule has 86 valence electrons. The molecule has 1 N–H and O–H groups in total. The minimum absolute atomic E-state index is 0.483. The normalized spacial score (nSPS) is 12.7. The molecule has 1 unspecified atom stereocenters. The van der Waals surface area contributed by atoms with Crippen molar-refractivity contribution in [3.63, 3.8) is 0 Å². The largest absolute Gasteiger partial charge is 0.496 e. The van der Waals surface area contributed by atoms with Gasteiger partial charge in [0.05, 0.1) is 17.6 Å². The summed E-state index contributed by atoms with van der Waals surface area (Å²) in [6, 6.07) is 5.66. The molecular formula is C11H11ClO2S2. The Morgan fingerprint density at radius 3 is 2.88 bits per heavy atom. The first-order valence-electron chi connectivity index (χ1n) is 4.73. The van der Waals surface area contributed by atoms with E-state index in [0.717, 1.165) is 19.8 Å². The van der Waals surface area contributed by atoms with Crippen LogP contribution in [-0.4, -0.2) is 12.2 Å². The first kappa shape index (κ1) is 11.9. The highest BCUT2D eigenvalue weighted by Gasteiger charge is 2.12. The Kier molecular flexibility index (Phi) is 3.86. The fourth-order valence-electron chi connectivity index (χ4n) is 1.37. The van der Waals surface area contributed by atoms with E-state index >= 15 is 0 Å². The van der Waals surface area contributed by atoms with Gasteiger partial charge >= 0.3 is 0 Å². The summed E-state index contributed by atoms with van der Waals surface area (Å²) in [6.07, 6.45) is 0.116. The number of hydrogen-bond acceptors (Lipinski definition) is 4. The van der Waals surface area contributed by atoms with Crippen molar-refractivity contribution in [1.29, 1.82) is 0 Å². The molecule has 0 radical (unpaired) electrons. The summed E-state index contributed by atoms with van der Waals surface area (Å²) in [6.45, 7) is 0. The SMILES string of the molecule is COc1csc(C(O)Cc2ccc(Cl)s2)c1. The number of ether oxygens (including phenoxy) is 1. The van der Waals surface area contributed by atoms with Crippen LogP contribution in [0.5, 0.6) is 5.75 Å². The van der Waals surface area contributed by atoms with E-state index in [9.17, 15) is 5.11 Å². The van der Waals surface area contributed by atoms with E-state index in [1.54, 1.807) is 7.11 Å². The number of methoxy groups -OCH3 is 1. The molecular weight excluding hydrogens is 264 g/mol. The Labute approximate surface area is 107 Å². The second-order valence-electron chi connectivity index (χ2n) is 3.31. The monoisotopic (exact) mass is 274 g/mol. The van der Waals surface area contributed by atoms with Crippen LogP contribution in [0.4, 0.5) is 0 Å². The lowest BCUT2D eigenvalue weighted by Crippen LogP contribution is -1.97. The zero-order chi connectivity index (χ0) is 11.5. The summed E-state index contributed by atoms with van der Waals surface area (Å²) in [5, 5.41) is 11.9. The lowest BCUT2D eigenvalue weighted by atomic mass is 10.2. The van der Waals surface area contributed by atoms with Crippen LogP contribution >= 0.6 is 34.3 Å². The van der Waals surface area contributed by atoms with Crippen LogP contribution in [0.25, 0.3) is 0 Å². The average Bonchev–Trinajstić information content (AvgIpc) is 2.87. The second kappa shape index (κ2) is 5.19. The molecule has 0 saturated heterocycles. The maximum atomic E-state index is 10.0. The molecule has 0 aromatic carbocycles. The summed E-state index contributed by atoms with van der Waals surface area (Å²) in [5.41, 5.74) is 0. The van der Waals surface area contributed by atoms with Gasteiger partial charge in [-0.3, -0.25) is 0 Å². The van der Waals surface area contributed by atoms with E-state index in [1.165, 1.54) is 22.7 Å². The third kappa shape index (κ3) is 2.77. The van der Waals surface area contributed by atoms with Gasteiger partial charge in [0.15, 0.2) is 0 Å². The Hall–Kier alpha value is -0.550. The van der Waals surface area contributed by atoms with Crippen LogP contribution in [-0.2, 0) is 6.42 Å². The van der Waals surface area contributed by atoms with Gasteiger partial charge in [-0.05, 0) is 18.2 Å². The first-order valence-corrected chi connectivity index (χ1v) is 6.81. The summed E-state index contributed by atoms with van der Waals surface area (Å²) in [4.78, 5) is 2.01. The van der Waals surface area contributed by atoms with Gasteiger partial charge < -0.3 is 9.84 Å². The third-order valence-electron chi connectivity index (χ3n) is 2.18. The first-order chi connectivity index (χ1) is 7.69. The van der Waals surface area contributed by atoms with Crippen molar-refractivity contribution in [2.24, 2.45) is 0 Å². The van der Waals surface area contributed by atoms with E-state index in [4.69, 9.17) is 16.3 Å². The summed E-state index contributed by atoms with van der Waals surface area (Å²) in [5.74, 6) is 0.795. The lowest BCUT2D eigenvalue weighted by Gasteiger charge is -2.05. The van der Waals surface area contributed by atoms with Gasteiger partial charge in [-0.1, -0.05) is 11.6 Å². The molecule has 2 rings (SSSR count). The number of hydrogen-bond donors (Lipinski definition) is 1. The fraction of sp³-hybridized carbons (Fsp3) is 0.273. The van der Waals surface area contributed by atoms with Gasteiger partial charge in [-0.25, -0.2) is 0 Å². The number of aliphatic hydroxyl groups excluding tert-OH is 1. The van der Waals surface area contributed by atoms with Gasteiger partial charge in [0.1, 0.15) is 5.75 Å². The Balaban J connectivity index is 2.05. The van der Waals surface area contributed by atoms with Crippen molar-refractivity contribution in [3.05, 3.63) is 37.7 Å². The number of aliphatic hydroxyl groups is 1. The maximum absolute atomic E-state index is 10.0. The van der Waals surface area contributed by atoms with Crippen molar-refractivity contribution >= 4 is 34.3 Å². The molecule has 1 atom stereocenters. The van der Waals surface area contributed by atoms with Gasteiger partial charge in [0.25, 0.3) is 0 Å². The quantitative estimate of drug-likeness (QED) is 0.920. The zero-order valence-corrected chi connectivity index (χ0v) is 11.0. The highest BCUT2D eigenvalue weighted by Crippen LogP contribution is 2.31. The van der Waals surface area contributed by atoms with Crippen LogP contribution in [0, 0.1) is 0 Å². The van der Waals surface area contributed by atoms with Gasteiger partial charge in [-0.15, -0.1) is 22.7 Å². The number of thiophene rings is 2. The van der Waals surface area contributed by atoms with E-state index in [1.807, 2.05) is 23.6 Å². The molecule has 0 aliphatic rings. The number of halogens is 1. The third-order valence-corrected chi connectivity index (χ3v) is 4.45. The van der Waals surface area contributed by atoms with Crippen LogP contribution in [0.3, 0.4) is 0 Å². The minimum Gasteiger partial charge on any atom is -0.496 e. The van der Waals surface area contributed by atoms with E-state index < -0.39 is 6.10 Å². The average molecular weight is 275 g/mol. The molecule has 2 aromatic heterocycles. The molecule has 0 bridgehead atoms. The van der Waals surface area contributed by atoms with Crippen LogP contribution in [0.15, 0.2) is 23.6 Å². The Bertz CT molecular complexity index is 464. The second-order valence-corrected chi connectivity index (χ2v) is 6.06. The highest BCUT2D eigenvalue weighted by atomic mass is 35.5. The molecule has 2 heterocycles. The van der Waals surface area contributed by atoms with Crippen molar-refractivity contribution in [3.8, 4) is 5.75 Å². The molecule has 16 heavy (non-hydrogen) atoms. The summed E-state index contributed by atoms with van der Waals surface area (Å²) < 4.78 is 5.84. The minimum atomic E-state index is -0.483. The molecule has 0 amide bonds. The van der Waals surface area contributed by atoms with Gasteiger partial charge in [0.2, 0.25) is 0 Å². The van der Waals surface area contributed by atoms with Crippen molar-refractivity contribution < 1.29 is 9.84 Å². The van der Waals surface area contributed by atoms with E-state index in [0.29, 0.717) is 6.42 Å². The topological polar surface area (TPSA) is 29.5 Å². The molecule has 2 aromatic rings. The van der Waals surface area contributed by atoms with Crippen LogP contribution < -0.4 is 4.74 Å². The fourth-order valence-corrected chi connectivity index (χ4v) is 3.33. The van der Waals surface area contributed by atoms with Gasteiger partial charge in [-0.2, -0.15) is 0 Å². The molecule has 0 saturated carbocycles. The van der Waals surface area contributed by atoms with E-state index in [2.05, 4.69) is 0 Å². The van der Waals surface area contributed by atoms with Crippen molar-refractivity contribution in [2.75, 3.05) is 7.11 Å². The Morgan fingerprint density at radius 1 is 1.50 bits per heavy atom. The summed E-state index contributed by atoms with van der Waals surface area (Å²) in [7, 11) is 1.62. The molecule has 2 nitrogen and oxygen atoms in total. The van der Waals surface area contributed by atoms with Crippen LogP contribution in [0.2, 0.25) is 4.34 Å². The summed E-state index contributed by atoms with van der Waals surface area (Å²) >= 11 is 8.84. The molecule has 0 aliphatic carbocycles. The molecule has 0 fully saturated rings. The van der Waals surface area contributed by atoms with Crippen molar-refractivity contribution in [1.82, 2.24) is 0 Å². The van der Waals surface area contributed by atoms with Crippen LogP contribution in [0.1, 0.15) is 15.9 Å². The van der Waals surface area contributed by atoms with E-state index in [-0.39, 0.29) is 0 Å². The molecule has 0 aliphatic heterocycles. The molecule has 0 spiro atoms. The number of rotatable bonds is 4. The van der Waals surface area contributed by atoms with Crippen molar-refractivity contribution in [2.45, 2.75) is 12.5 Å². The Morgan fingerprint density at radius 2 is 2.31 bits per heavy atom. The highest BCUT2D eigenvalue weighted by molar-refractivity contribution is 7.16. The molecule has 5 heteroatoms.